The van der Waals surface area contributed by atoms with E-state index in [0.29, 0.717) is 39.0 Å². The van der Waals surface area contributed by atoms with Crippen LogP contribution in [0.2, 0.25) is 0 Å². The molecule has 210 valence electrons. The number of amides is 2. The number of aryl methyl sites for hydroxylation is 2. The second kappa shape index (κ2) is 15.9. The zero-order chi connectivity index (χ0) is 28.0. The molecule has 0 aromatic heterocycles. The number of benzene rings is 2. The summed E-state index contributed by atoms with van der Waals surface area (Å²) in [6.45, 7) is 5.71. The number of carbonyl (C=O) groups excluding carboxylic acids is 3. The number of hydrogen-bond donors (Lipinski definition) is 1. The quantitative estimate of drug-likeness (QED) is 0.166. The highest BCUT2D eigenvalue weighted by atomic mass is 16.5. The minimum absolute atomic E-state index is 0.0354. The molecule has 6 nitrogen and oxygen atoms in total. The molecule has 39 heavy (non-hydrogen) atoms. The zero-order valence-electron chi connectivity index (χ0n) is 23.8. The highest BCUT2D eigenvalue weighted by Gasteiger charge is 2.28. The predicted octanol–water partition coefficient (Wildman–Crippen LogP) is 5.89. The van der Waals surface area contributed by atoms with Crippen molar-refractivity contribution in [1.82, 2.24) is 10.2 Å². The Balaban J connectivity index is 1.62. The van der Waals surface area contributed by atoms with Crippen LogP contribution in [0.3, 0.4) is 0 Å². The maximum absolute atomic E-state index is 13.0. The molecule has 0 fully saturated rings. The molecule has 0 saturated carbocycles. The van der Waals surface area contributed by atoms with Gasteiger partial charge in [0.25, 0.3) is 5.91 Å². The number of nitrogens with zero attached hydrogens (tertiary/aromatic N) is 1. The van der Waals surface area contributed by atoms with Crippen LogP contribution in [0.1, 0.15) is 79.4 Å². The molecule has 1 aliphatic rings. The van der Waals surface area contributed by atoms with Crippen LogP contribution in [0.5, 0.6) is 0 Å². The number of hydrogen-bond acceptors (Lipinski definition) is 4. The lowest BCUT2D eigenvalue weighted by Gasteiger charge is -2.21. The number of carbonyl (C=O) groups is 3. The van der Waals surface area contributed by atoms with Gasteiger partial charge < -0.3 is 15.0 Å². The van der Waals surface area contributed by atoms with Crippen molar-refractivity contribution in [3.63, 3.8) is 0 Å². The number of ether oxygens (including phenoxy) is 1. The average Bonchev–Trinajstić information content (AvgIpc) is 3.27. The zero-order valence-corrected chi connectivity index (χ0v) is 23.8. The summed E-state index contributed by atoms with van der Waals surface area (Å²) in [7, 11) is 1.65. The Bertz CT molecular complexity index is 1110. The van der Waals surface area contributed by atoms with E-state index in [-0.39, 0.29) is 23.7 Å². The van der Waals surface area contributed by atoms with Gasteiger partial charge >= 0.3 is 5.97 Å². The van der Waals surface area contributed by atoms with Gasteiger partial charge in [-0.1, -0.05) is 81.3 Å². The van der Waals surface area contributed by atoms with E-state index in [9.17, 15) is 14.4 Å². The van der Waals surface area contributed by atoms with Crippen molar-refractivity contribution < 1.29 is 19.1 Å². The Morgan fingerprint density at radius 2 is 1.69 bits per heavy atom. The number of nitrogens with one attached hydrogen (secondary N) is 1. The largest absolute Gasteiger partial charge is 0.465 e. The maximum Gasteiger partial charge on any atom is 0.309 e. The second-order valence-corrected chi connectivity index (χ2v) is 10.4. The highest BCUT2D eigenvalue weighted by Crippen LogP contribution is 2.25. The SMILES string of the molecule is CCCCOC(=O)C(C/C=C/CN1Cc2ccccc2C1=O)C[C@@H](CCc1ccc(CCC)cc1)C(=O)NC. The lowest BCUT2D eigenvalue weighted by atomic mass is 9.87. The number of unbranched alkanes of at least 4 members (excludes halogenated alkanes) is 1. The van der Waals surface area contributed by atoms with Crippen LogP contribution in [-0.2, 0) is 33.7 Å². The Morgan fingerprint density at radius 3 is 2.36 bits per heavy atom. The fourth-order valence-electron chi connectivity index (χ4n) is 5.05. The van der Waals surface area contributed by atoms with Crippen LogP contribution in [0.4, 0.5) is 0 Å². The van der Waals surface area contributed by atoms with Crippen molar-refractivity contribution >= 4 is 17.8 Å². The topological polar surface area (TPSA) is 75.7 Å². The van der Waals surface area contributed by atoms with Gasteiger partial charge in [-0.3, -0.25) is 14.4 Å². The van der Waals surface area contributed by atoms with Gasteiger partial charge in [0.2, 0.25) is 5.91 Å². The monoisotopic (exact) mass is 532 g/mol. The van der Waals surface area contributed by atoms with Crippen LogP contribution in [0.15, 0.2) is 60.7 Å². The van der Waals surface area contributed by atoms with E-state index in [0.717, 1.165) is 43.2 Å². The first-order chi connectivity index (χ1) is 19.0. The number of fused-ring (bicyclic) bond motifs is 1. The fourth-order valence-corrected chi connectivity index (χ4v) is 5.05. The van der Waals surface area contributed by atoms with Gasteiger partial charge in [-0.05, 0) is 61.3 Å². The summed E-state index contributed by atoms with van der Waals surface area (Å²) < 4.78 is 5.58. The number of esters is 1. The smallest absolute Gasteiger partial charge is 0.309 e. The molecule has 2 aromatic carbocycles. The first-order valence-electron chi connectivity index (χ1n) is 14.4. The van der Waals surface area contributed by atoms with Crippen LogP contribution < -0.4 is 5.32 Å². The molecule has 2 aromatic rings. The summed E-state index contributed by atoms with van der Waals surface area (Å²) in [6, 6.07) is 16.3. The minimum atomic E-state index is -0.418. The second-order valence-electron chi connectivity index (χ2n) is 10.4. The summed E-state index contributed by atoms with van der Waals surface area (Å²) in [5.74, 6) is -0.979. The molecule has 6 heteroatoms. The lowest BCUT2D eigenvalue weighted by Crippen LogP contribution is -2.31. The van der Waals surface area contributed by atoms with Gasteiger partial charge in [0.05, 0.1) is 12.5 Å². The molecule has 1 heterocycles. The molecule has 0 aliphatic carbocycles. The Hall–Kier alpha value is -3.41. The van der Waals surface area contributed by atoms with Crippen LogP contribution >= 0.6 is 0 Å². The molecule has 0 spiro atoms. The fraction of sp³-hybridized carbons (Fsp3) is 0.485. The normalized spacial score (nSPS) is 14.3. The molecule has 1 N–H and O–H groups in total. The first-order valence-corrected chi connectivity index (χ1v) is 14.4. The summed E-state index contributed by atoms with van der Waals surface area (Å²) >= 11 is 0. The van der Waals surface area contributed by atoms with Gasteiger partial charge in [-0.25, -0.2) is 0 Å². The van der Waals surface area contributed by atoms with E-state index >= 15 is 0 Å². The molecular formula is C33H44N2O4. The average molecular weight is 533 g/mol. The molecule has 1 aliphatic heterocycles. The molecular weight excluding hydrogens is 488 g/mol. The van der Waals surface area contributed by atoms with Crippen molar-refractivity contribution in [2.75, 3.05) is 20.2 Å². The number of allylic oxidation sites excluding steroid dienone is 1. The molecule has 2 atom stereocenters. The van der Waals surface area contributed by atoms with Crippen LogP contribution in [-0.4, -0.2) is 42.9 Å². The minimum Gasteiger partial charge on any atom is -0.465 e. The molecule has 1 unspecified atom stereocenters. The van der Waals surface area contributed by atoms with Gasteiger partial charge in [0.1, 0.15) is 0 Å². The molecule has 3 rings (SSSR count). The van der Waals surface area contributed by atoms with Gasteiger partial charge in [-0.15, -0.1) is 0 Å². The van der Waals surface area contributed by atoms with Crippen molar-refractivity contribution in [3.05, 3.63) is 82.9 Å². The summed E-state index contributed by atoms with van der Waals surface area (Å²) in [6.07, 6.45) is 10.2. The van der Waals surface area contributed by atoms with E-state index in [1.165, 1.54) is 11.1 Å². The van der Waals surface area contributed by atoms with Crippen molar-refractivity contribution in [3.8, 4) is 0 Å². The third-order valence-electron chi connectivity index (χ3n) is 7.41. The lowest BCUT2D eigenvalue weighted by molar-refractivity contribution is -0.149. The van der Waals surface area contributed by atoms with Crippen LogP contribution in [0.25, 0.3) is 0 Å². The van der Waals surface area contributed by atoms with Crippen molar-refractivity contribution in [2.45, 2.75) is 71.8 Å². The molecule has 0 bridgehead atoms. The standard InChI is InChI=1S/C33H44N2O4/c1-4-6-22-39-33(38)28(12-9-10-21-35-24-29-13-7-8-14-30(29)32(35)37)23-27(31(36)34-3)20-19-26-17-15-25(11-5-2)16-18-26/h7-10,13-18,27-28H,4-6,11-12,19-24H2,1-3H3,(H,34,36)/b10-9+/t27-,28?/m1/s1. The van der Waals surface area contributed by atoms with Crippen LogP contribution in [0, 0.1) is 11.8 Å². The third-order valence-corrected chi connectivity index (χ3v) is 7.41. The molecule has 0 saturated heterocycles. The summed E-state index contributed by atoms with van der Waals surface area (Å²) in [5.41, 5.74) is 4.32. The van der Waals surface area contributed by atoms with E-state index in [4.69, 9.17) is 4.74 Å². The molecule has 2 amide bonds. The Kier molecular flexibility index (Phi) is 12.3. The van der Waals surface area contributed by atoms with Gasteiger partial charge in [-0.2, -0.15) is 0 Å². The Morgan fingerprint density at radius 1 is 0.974 bits per heavy atom. The van der Waals surface area contributed by atoms with E-state index < -0.39 is 5.92 Å². The Labute approximate surface area is 233 Å². The van der Waals surface area contributed by atoms with Gasteiger partial charge in [0.15, 0.2) is 0 Å². The van der Waals surface area contributed by atoms with Crippen molar-refractivity contribution in [2.24, 2.45) is 11.8 Å². The summed E-state index contributed by atoms with van der Waals surface area (Å²) in [5, 5.41) is 2.79. The highest BCUT2D eigenvalue weighted by molar-refractivity contribution is 5.98. The third kappa shape index (κ3) is 9.09. The van der Waals surface area contributed by atoms with Gasteiger partial charge in [0, 0.05) is 31.6 Å². The first kappa shape index (κ1) is 30.1. The predicted molar refractivity (Wildman–Crippen MR) is 155 cm³/mol. The maximum atomic E-state index is 13.0. The van der Waals surface area contributed by atoms with E-state index in [1.807, 2.05) is 36.4 Å². The number of rotatable bonds is 16. The summed E-state index contributed by atoms with van der Waals surface area (Å²) in [4.78, 5) is 40.3. The van der Waals surface area contributed by atoms with Crippen molar-refractivity contribution in [1.29, 1.82) is 0 Å². The van der Waals surface area contributed by atoms with E-state index in [1.54, 1.807) is 11.9 Å². The molecule has 0 radical (unpaired) electrons. The van der Waals surface area contributed by atoms with E-state index in [2.05, 4.69) is 43.4 Å².